The minimum atomic E-state index is 1.12. The molecule has 0 unspecified atom stereocenters. The lowest BCUT2D eigenvalue weighted by Gasteiger charge is -2.25. The van der Waals surface area contributed by atoms with E-state index in [1.807, 2.05) is 22.7 Å². The molecule has 0 aliphatic heterocycles. The first-order chi connectivity index (χ1) is 25.8. The van der Waals surface area contributed by atoms with Crippen molar-refractivity contribution in [1.82, 2.24) is 4.57 Å². The number of nitrogens with zero attached hydrogens (tertiary/aromatic N) is 2. The molecule has 3 aromatic heterocycles. The van der Waals surface area contributed by atoms with Crippen LogP contribution in [0.2, 0.25) is 0 Å². The van der Waals surface area contributed by atoms with Crippen LogP contribution in [0.3, 0.4) is 0 Å². The van der Waals surface area contributed by atoms with Crippen LogP contribution in [-0.2, 0) is 0 Å². The quantitative estimate of drug-likeness (QED) is 0.174. The van der Waals surface area contributed by atoms with Crippen LogP contribution in [0.4, 0.5) is 17.1 Å². The number of aromatic nitrogens is 1. The summed E-state index contributed by atoms with van der Waals surface area (Å²) in [5.41, 5.74) is 9.50. The molecule has 0 bridgehead atoms. The smallest absolute Gasteiger partial charge is 0.0555 e. The van der Waals surface area contributed by atoms with E-state index in [-0.39, 0.29) is 0 Å². The summed E-state index contributed by atoms with van der Waals surface area (Å²) in [6.07, 6.45) is 0. The molecule has 0 radical (unpaired) electrons. The first-order valence-electron chi connectivity index (χ1n) is 17.6. The lowest BCUT2D eigenvalue weighted by atomic mass is 10.00. The van der Waals surface area contributed by atoms with Crippen LogP contribution in [0.1, 0.15) is 0 Å². The first kappa shape index (κ1) is 29.5. The van der Waals surface area contributed by atoms with Crippen molar-refractivity contribution in [2.45, 2.75) is 0 Å². The van der Waals surface area contributed by atoms with E-state index in [2.05, 4.69) is 191 Å². The number of fused-ring (bicyclic) bond motifs is 10. The Morgan fingerprint density at radius 2 is 0.942 bits per heavy atom. The Balaban J connectivity index is 1.14. The summed E-state index contributed by atoms with van der Waals surface area (Å²) >= 11 is 3.80. The second kappa shape index (κ2) is 11.7. The van der Waals surface area contributed by atoms with Crippen molar-refractivity contribution >= 4 is 102 Å². The van der Waals surface area contributed by atoms with E-state index in [0.29, 0.717) is 0 Å². The fourth-order valence-electron chi connectivity index (χ4n) is 8.06. The van der Waals surface area contributed by atoms with Crippen molar-refractivity contribution in [3.05, 3.63) is 182 Å². The Labute approximate surface area is 308 Å². The third-order valence-corrected chi connectivity index (χ3v) is 12.8. The van der Waals surface area contributed by atoms with Gasteiger partial charge in [-0.3, -0.25) is 0 Å². The van der Waals surface area contributed by atoms with Gasteiger partial charge in [0, 0.05) is 73.9 Å². The van der Waals surface area contributed by atoms with Gasteiger partial charge in [-0.2, -0.15) is 0 Å². The average molecular weight is 699 g/mol. The summed E-state index contributed by atoms with van der Waals surface area (Å²) in [6, 6.07) is 66.4. The number of benzene rings is 8. The predicted octanol–water partition coefficient (Wildman–Crippen LogP) is 14.7. The zero-order valence-electron chi connectivity index (χ0n) is 28.0. The van der Waals surface area contributed by atoms with Gasteiger partial charge in [-0.15, -0.1) is 22.7 Å². The molecule has 0 N–H and O–H groups in total. The molecule has 11 rings (SSSR count). The maximum atomic E-state index is 2.46. The summed E-state index contributed by atoms with van der Waals surface area (Å²) in [5, 5.41) is 7.90. The lowest BCUT2D eigenvalue weighted by molar-refractivity contribution is 1.17. The highest BCUT2D eigenvalue weighted by molar-refractivity contribution is 7.27. The molecule has 0 saturated heterocycles. The van der Waals surface area contributed by atoms with Gasteiger partial charge >= 0.3 is 0 Å². The zero-order valence-corrected chi connectivity index (χ0v) is 29.7. The van der Waals surface area contributed by atoms with Gasteiger partial charge in [-0.1, -0.05) is 103 Å². The molecule has 8 aromatic carbocycles. The fourth-order valence-corrected chi connectivity index (χ4v) is 10.6. The maximum Gasteiger partial charge on any atom is 0.0555 e. The SMILES string of the molecule is c1ccc(N(c2ccccc2)c2ccc(-n3c4ccc(-c5cccc6c5sc5ccccc56)cc4c4c5sc6ccccc6c5ccc43)cc2)cc1. The summed E-state index contributed by atoms with van der Waals surface area (Å²) < 4.78 is 7.79. The number of rotatable bonds is 5. The normalized spacial score (nSPS) is 11.8. The average Bonchev–Trinajstić information content (AvgIpc) is 3.88. The number of hydrogen-bond acceptors (Lipinski definition) is 3. The molecule has 0 atom stereocenters. The van der Waals surface area contributed by atoms with E-state index in [4.69, 9.17) is 0 Å². The molecule has 0 fully saturated rings. The summed E-state index contributed by atoms with van der Waals surface area (Å²) in [4.78, 5) is 2.32. The molecular weight excluding hydrogens is 669 g/mol. The molecule has 2 nitrogen and oxygen atoms in total. The van der Waals surface area contributed by atoms with E-state index in [9.17, 15) is 0 Å². The first-order valence-corrected chi connectivity index (χ1v) is 19.2. The molecule has 0 saturated carbocycles. The number of thiophene rings is 2. The van der Waals surface area contributed by atoms with Gasteiger partial charge in [0.1, 0.15) is 0 Å². The molecule has 11 aromatic rings. The summed E-state index contributed by atoms with van der Waals surface area (Å²) in [6.45, 7) is 0. The Bertz CT molecular complexity index is 3080. The van der Waals surface area contributed by atoms with Crippen LogP contribution in [0.25, 0.3) is 79.0 Å². The highest BCUT2D eigenvalue weighted by Crippen LogP contribution is 2.46. The van der Waals surface area contributed by atoms with Crippen molar-refractivity contribution in [3.63, 3.8) is 0 Å². The fraction of sp³-hybridized carbons (Fsp3) is 0. The van der Waals surface area contributed by atoms with Crippen LogP contribution in [0.5, 0.6) is 0 Å². The number of hydrogen-bond donors (Lipinski definition) is 0. The Morgan fingerprint density at radius 1 is 0.385 bits per heavy atom. The van der Waals surface area contributed by atoms with Crippen LogP contribution >= 0.6 is 22.7 Å². The lowest BCUT2D eigenvalue weighted by Crippen LogP contribution is -2.09. The topological polar surface area (TPSA) is 8.17 Å². The predicted molar refractivity (Wildman–Crippen MR) is 227 cm³/mol. The molecule has 0 aliphatic rings. The monoisotopic (exact) mass is 698 g/mol. The van der Waals surface area contributed by atoms with Crippen molar-refractivity contribution in [2.75, 3.05) is 4.90 Å². The number of para-hydroxylation sites is 2. The Kier molecular flexibility index (Phi) is 6.63. The number of anilines is 3. The van der Waals surface area contributed by atoms with Crippen LogP contribution < -0.4 is 4.90 Å². The molecular formula is C48H30N2S2. The summed E-state index contributed by atoms with van der Waals surface area (Å²) in [7, 11) is 0. The van der Waals surface area contributed by atoms with Gasteiger partial charge in [0.25, 0.3) is 0 Å². The van der Waals surface area contributed by atoms with Crippen molar-refractivity contribution < 1.29 is 0 Å². The van der Waals surface area contributed by atoms with Crippen LogP contribution in [-0.4, -0.2) is 4.57 Å². The van der Waals surface area contributed by atoms with E-state index in [1.54, 1.807) is 0 Å². The highest BCUT2D eigenvalue weighted by Gasteiger charge is 2.20. The van der Waals surface area contributed by atoms with Crippen LogP contribution in [0, 0.1) is 0 Å². The van der Waals surface area contributed by atoms with E-state index >= 15 is 0 Å². The van der Waals surface area contributed by atoms with Gasteiger partial charge in [0.05, 0.1) is 11.0 Å². The Hall–Kier alpha value is -6.20. The van der Waals surface area contributed by atoms with Crippen molar-refractivity contribution in [2.24, 2.45) is 0 Å². The Morgan fingerprint density at radius 3 is 1.63 bits per heavy atom. The van der Waals surface area contributed by atoms with Crippen molar-refractivity contribution in [1.29, 1.82) is 0 Å². The molecule has 4 heteroatoms. The largest absolute Gasteiger partial charge is 0.311 e. The van der Waals surface area contributed by atoms with Crippen molar-refractivity contribution in [3.8, 4) is 16.8 Å². The second-order valence-electron chi connectivity index (χ2n) is 13.3. The molecule has 0 amide bonds. The molecule has 0 spiro atoms. The minimum absolute atomic E-state index is 1.12. The summed E-state index contributed by atoms with van der Waals surface area (Å²) in [5.74, 6) is 0. The van der Waals surface area contributed by atoms with E-state index < -0.39 is 0 Å². The van der Waals surface area contributed by atoms with Gasteiger partial charge in [0.15, 0.2) is 0 Å². The van der Waals surface area contributed by atoms with Crippen LogP contribution in [0.15, 0.2) is 182 Å². The van der Waals surface area contributed by atoms with Gasteiger partial charge in [-0.25, -0.2) is 0 Å². The maximum absolute atomic E-state index is 2.46. The standard InChI is InChI=1S/C48H30N2S2/c1-3-12-32(13-4-1)49(33-14-5-2-6-15-33)34-23-25-35(26-24-34)50-42-28-22-31(36-18-11-19-39-37-16-7-9-20-44(37)51-47(36)39)30-41(42)46-43(50)29-27-40-38-17-8-10-21-45(38)52-48(40)46/h1-30H. The minimum Gasteiger partial charge on any atom is -0.311 e. The molecule has 3 heterocycles. The van der Waals surface area contributed by atoms with E-state index in [0.717, 1.165) is 22.7 Å². The third-order valence-electron chi connectivity index (χ3n) is 10.4. The molecule has 0 aliphatic carbocycles. The van der Waals surface area contributed by atoms with Gasteiger partial charge in [0.2, 0.25) is 0 Å². The second-order valence-corrected chi connectivity index (χ2v) is 15.4. The van der Waals surface area contributed by atoms with Gasteiger partial charge in [-0.05, 0) is 90.0 Å². The van der Waals surface area contributed by atoms with Gasteiger partial charge < -0.3 is 9.47 Å². The van der Waals surface area contributed by atoms with E-state index in [1.165, 1.54) is 73.3 Å². The zero-order chi connectivity index (χ0) is 34.2. The molecule has 52 heavy (non-hydrogen) atoms. The molecule has 244 valence electrons. The highest BCUT2D eigenvalue weighted by atomic mass is 32.1. The third kappa shape index (κ3) is 4.48.